The smallest absolute Gasteiger partial charge is 0.198 e. The van der Waals surface area contributed by atoms with Gasteiger partial charge in [0.15, 0.2) is 0 Å². The molecule has 0 amide bonds. The SMILES string of the molecule is N#CCc1c(C(F)(F)F)cc(C#N)c(C(F)(F)F)c1C(F)(F)F. The van der Waals surface area contributed by atoms with E-state index in [-0.39, 0.29) is 6.07 Å². The van der Waals surface area contributed by atoms with Crippen molar-refractivity contribution in [2.24, 2.45) is 0 Å². The third-order valence-electron chi connectivity index (χ3n) is 2.68. The second kappa shape index (κ2) is 5.65. The number of alkyl halides is 9. The van der Waals surface area contributed by atoms with E-state index in [2.05, 4.69) is 0 Å². The van der Waals surface area contributed by atoms with E-state index in [1.165, 1.54) is 0 Å². The average Bonchev–Trinajstić information content (AvgIpc) is 2.34. The normalized spacial score (nSPS) is 12.7. The third-order valence-corrected chi connectivity index (χ3v) is 2.68. The molecule has 11 heteroatoms. The molecular formula is C12H3F9N2. The van der Waals surface area contributed by atoms with Crippen molar-refractivity contribution in [3.63, 3.8) is 0 Å². The molecule has 0 unspecified atom stereocenters. The lowest BCUT2D eigenvalue weighted by Crippen LogP contribution is -2.24. The molecule has 0 heterocycles. The Balaban J connectivity index is 4.14. The van der Waals surface area contributed by atoms with Crippen molar-refractivity contribution in [1.82, 2.24) is 0 Å². The van der Waals surface area contributed by atoms with E-state index in [4.69, 9.17) is 10.5 Å². The molecule has 124 valence electrons. The summed E-state index contributed by atoms with van der Waals surface area (Å²) in [6, 6.07) is 1.34. The first-order chi connectivity index (χ1) is 10.2. The Morgan fingerprint density at radius 1 is 0.783 bits per heavy atom. The molecular weight excluding hydrogens is 343 g/mol. The van der Waals surface area contributed by atoms with Crippen LogP contribution in [0.15, 0.2) is 6.07 Å². The minimum atomic E-state index is -5.84. The van der Waals surface area contributed by atoms with Crippen LogP contribution in [0.5, 0.6) is 0 Å². The molecule has 0 aliphatic carbocycles. The second-order valence-corrected chi connectivity index (χ2v) is 4.14. The number of halogens is 9. The summed E-state index contributed by atoms with van der Waals surface area (Å²) in [5.74, 6) is 0. The summed E-state index contributed by atoms with van der Waals surface area (Å²) in [6.07, 6.45) is -18.6. The fourth-order valence-corrected chi connectivity index (χ4v) is 1.93. The first-order valence-electron chi connectivity index (χ1n) is 5.43. The lowest BCUT2D eigenvalue weighted by Gasteiger charge is -2.23. The zero-order valence-electron chi connectivity index (χ0n) is 10.6. The van der Waals surface area contributed by atoms with E-state index >= 15 is 0 Å². The highest BCUT2D eigenvalue weighted by atomic mass is 19.4. The zero-order chi connectivity index (χ0) is 18.2. The van der Waals surface area contributed by atoms with Crippen molar-refractivity contribution in [2.45, 2.75) is 24.9 Å². The minimum absolute atomic E-state index is 0.329. The van der Waals surface area contributed by atoms with E-state index in [0.29, 0.717) is 6.07 Å². The zero-order valence-corrected chi connectivity index (χ0v) is 10.6. The van der Waals surface area contributed by atoms with Gasteiger partial charge >= 0.3 is 18.5 Å². The molecule has 0 saturated carbocycles. The first kappa shape index (κ1) is 18.6. The highest BCUT2D eigenvalue weighted by Crippen LogP contribution is 2.47. The largest absolute Gasteiger partial charge is 0.418 e. The molecule has 0 aliphatic rings. The maximum absolute atomic E-state index is 13.0. The van der Waals surface area contributed by atoms with Crippen molar-refractivity contribution in [1.29, 1.82) is 10.5 Å². The van der Waals surface area contributed by atoms with Crippen LogP contribution in [0.3, 0.4) is 0 Å². The Morgan fingerprint density at radius 2 is 1.26 bits per heavy atom. The van der Waals surface area contributed by atoms with Gasteiger partial charge in [-0.25, -0.2) is 0 Å². The fraction of sp³-hybridized carbons (Fsp3) is 0.333. The number of benzene rings is 1. The summed E-state index contributed by atoms with van der Waals surface area (Å²) < 4.78 is 116. The molecule has 1 aromatic rings. The van der Waals surface area contributed by atoms with Crippen LogP contribution in [0.1, 0.15) is 27.8 Å². The molecule has 0 fully saturated rings. The molecule has 0 aliphatic heterocycles. The van der Waals surface area contributed by atoms with Gasteiger partial charge in [-0.1, -0.05) is 0 Å². The standard InChI is InChI=1S/C12H3F9N2/c13-10(14,15)7-3-5(4-23)8(11(16,17)18)9(12(19,20)21)6(7)1-2-22/h3H,1H2. The summed E-state index contributed by atoms with van der Waals surface area (Å²) >= 11 is 0. The van der Waals surface area contributed by atoms with Crippen LogP contribution in [0, 0.1) is 22.7 Å². The van der Waals surface area contributed by atoms with Crippen LogP contribution < -0.4 is 0 Å². The van der Waals surface area contributed by atoms with Crippen molar-refractivity contribution < 1.29 is 39.5 Å². The minimum Gasteiger partial charge on any atom is -0.198 e. The highest BCUT2D eigenvalue weighted by molar-refractivity contribution is 5.55. The summed E-state index contributed by atoms with van der Waals surface area (Å²) in [6.45, 7) is 0. The van der Waals surface area contributed by atoms with Crippen molar-refractivity contribution in [3.8, 4) is 12.1 Å². The van der Waals surface area contributed by atoms with E-state index in [1.807, 2.05) is 0 Å². The highest BCUT2D eigenvalue weighted by Gasteiger charge is 2.50. The molecule has 1 aromatic carbocycles. The van der Waals surface area contributed by atoms with Gasteiger partial charge in [-0.2, -0.15) is 50.0 Å². The van der Waals surface area contributed by atoms with Gasteiger partial charge < -0.3 is 0 Å². The molecule has 0 atom stereocenters. The van der Waals surface area contributed by atoms with Crippen LogP contribution in [0.2, 0.25) is 0 Å². The molecule has 23 heavy (non-hydrogen) atoms. The third kappa shape index (κ3) is 3.67. The van der Waals surface area contributed by atoms with Crippen LogP contribution in [0.25, 0.3) is 0 Å². The summed E-state index contributed by atoms with van der Waals surface area (Å²) in [5.41, 5.74) is -11.0. The molecule has 1 rings (SSSR count). The molecule has 0 bridgehead atoms. The lowest BCUT2D eigenvalue weighted by molar-refractivity contribution is -0.164. The van der Waals surface area contributed by atoms with E-state index in [9.17, 15) is 39.5 Å². The van der Waals surface area contributed by atoms with Gasteiger partial charge in [-0.05, 0) is 11.6 Å². The van der Waals surface area contributed by atoms with E-state index < -0.39 is 52.8 Å². The monoisotopic (exact) mass is 346 g/mol. The molecule has 2 nitrogen and oxygen atoms in total. The molecule has 0 radical (unpaired) electrons. The van der Waals surface area contributed by atoms with Gasteiger partial charge in [-0.3, -0.25) is 0 Å². The predicted octanol–water partition coefficient (Wildman–Crippen LogP) is 4.68. The van der Waals surface area contributed by atoms with Crippen molar-refractivity contribution in [3.05, 3.63) is 33.9 Å². The van der Waals surface area contributed by atoms with Gasteiger partial charge in [0.2, 0.25) is 0 Å². The molecule has 0 aromatic heterocycles. The lowest BCUT2D eigenvalue weighted by atomic mass is 9.89. The van der Waals surface area contributed by atoms with Gasteiger partial charge in [0.25, 0.3) is 0 Å². The summed E-state index contributed by atoms with van der Waals surface area (Å²) in [5, 5.41) is 16.9. The van der Waals surface area contributed by atoms with Gasteiger partial charge in [-0.15, -0.1) is 0 Å². The number of nitrogens with zero attached hydrogens (tertiary/aromatic N) is 2. The maximum Gasteiger partial charge on any atom is 0.418 e. The Bertz CT molecular complexity index is 696. The molecule has 0 saturated heterocycles. The van der Waals surface area contributed by atoms with E-state index in [0.717, 1.165) is 6.07 Å². The molecule has 0 N–H and O–H groups in total. The average molecular weight is 346 g/mol. The molecule has 0 spiro atoms. The Kier molecular flexibility index (Phi) is 4.57. The number of rotatable bonds is 1. The topological polar surface area (TPSA) is 47.6 Å². The second-order valence-electron chi connectivity index (χ2n) is 4.14. The Hall–Kier alpha value is -2.43. The maximum atomic E-state index is 13.0. The predicted molar refractivity (Wildman–Crippen MR) is 55.5 cm³/mol. The number of hydrogen-bond donors (Lipinski definition) is 0. The Labute approximate surface area is 122 Å². The summed E-state index contributed by atoms with van der Waals surface area (Å²) in [7, 11) is 0. The van der Waals surface area contributed by atoms with Gasteiger partial charge in [0, 0.05) is 0 Å². The fourth-order valence-electron chi connectivity index (χ4n) is 1.93. The van der Waals surface area contributed by atoms with Gasteiger partial charge in [0.1, 0.15) is 0 Å². The van der Waals surface area contributed by atoms with Crippen molar-refractivity contribution >= 4 is 0 Å². The van der Waals surface area contributed by atoms with Crippen LogP contribution in [-0.2, 0) is 24.9 Å². The van der Waals surface area contributed by atoms with E-state index in [1.54, 1.807) is 0 Å². The van der Waals surface area contributed by atoms with Crippen LogP contribution >= 0.6 is 0 Å². The number of hydrogen-bond acceptors (Lipinski definition) is 2. The van der Waals surface area contributed by atoms with Crippen molar-refractivity contribution in [2.75, 3.05) is 0 Å². The van der Waals surface area contributed by atoms with Crippen LogP contribution in [-0.4, -0.2) is 0 Å². The summed E-state index contributed by atoms with van der Waals surface area (Å²) in [4.78, 5) is 0. The Morgan fingerprint density at radius 3 is 1.57 bits per heavy atom. The quantitative estimate of drug-likeness (QED) is 0.693. The number of nitriles is 2. The first-order valence-corrected chi connectivity index (χ1v) is 5.43. The van der Waals surface area contributed by atoms with Gasteiger partial charge in [0.05, 0.1) is 40.8 Å². The van der Waals surface area contributed by atoms with Crippen LogP contribution in [0.4, 0.5) is 39.5 Å².